The number of hydrogen-bond donors (Lipinski definition) is 3. The first-order valence-electron chi connectivity index (χ1n) is 8.99. The lowest BCUT2D eigenvalue weighted by Gasteiger charge is -2.28. The van der Waals surface area contributed by atoms with Crippen LogP contribution in [0.4, 0.5) is 5.69 Å². The van der Waals surface area contributed by atoms with Crippen LogP contribution in [0.3, 0.4) is 0 Å². The average Bonchev–Trinajstić information content (AvgIpc) is 3.19. The maximum absolute atomic E-state index is 10.6. The number of nitrogens with zero attached hydrogens (tertiary/aromatic N) is 2. The molecule has 5 nitrogen and oxygen atoms in total. The highest BCUT2D eigenvalue weighted by molar-refractivity contribution is 7.08. The molecule has 6 heteroatoms. The number of nitrogens with one attached hydrogen (secondary N) is 2. The molecular weight excluding hydrogens is 344 g/mol. The van der Waals surface area contributed by atoms with Crippen LogP contribution in [-0.2, 0) is 5.60 Å². The number of likely N-dealkylation sites (N-methyl/N-ethyl adjacent to an activating group) is 1. The molecular formula is C20H30N4OS. The summed E-state index contributed by atoms with van der Waals surface area (Å²) in [7, 11) is 2.09. The van der Waals surface area contributed by atoms with Crippen molar-refractivity contribution in [1.82, 2.24) is 10.6 Å². The second-order valence-corrected chi connectivity index (χ2v) is 7.44. The first kappa shape index (κ1) is 20.3. The fourth-order valence-corrected chi connectivity index (χ4v) is 3.32. The number of aliphatic hydroxyl groups is 1. The predicted molar refractivity (Wildman–Crippen MR) is 112 cm³/mol. The summed E-state index contributed by atoms with van der Waals surface area (Å²) in [5, 5.41) is 21.2. The van der Waals surface area contributed by atoms with Crippen LogP contribution in [0.1, 0.15) is 26.3 Å². The van der Waals surface area contributed by atoms with Gasteiger partial charge in [-0.05, 0) is 55.3 Å². The molecule has 2 rings (SSSR count). The number of anilines is 1. The summed E-state index contributed by atoms with van der Waals surface area (Å²) in [5.41, 5.74) is 1.12. The minimum Gasteiger partial charge on any atom is -0.383 e. The van der Waals surface area contributed by atoms with Gasteiger partial charge in [-0.1, -0.05) is 18.2 Å². The Morgan fingerprint density at radius 1 is 1.27 bits per heavy atom. The van der Waals surface area contributed by atoms with Crippen LogP contribution in [0.15, 0.2) is 52.2 Å². The van der Waals surface area contributed by atoms with E-state index in [4.69, 9.17) is 0 Å². The van der Waals surface area contributed by atoms with Crippen molar-refractivity contribution in [3.63, 3.8) is 0 Å². The minimum atomic E-state index is -0.963. The Morgan fingerprint density at radius 2 is 2.00 bits per heavy atom. The number of guanidine groups is 1. The van der Waals surface area contributed by atoms with Crippen LogP contribution in [0.2, 0.25) is 0 Å². The van der Waals surface area contributed by atoms with Crippen molar-refractivity contribution in [2.24, 2.45) is 4.99 Å². The van der Waals surface area contributed by atoms with Gasteiger partial charge < -0.3 is 20.6 Å². The normalized spacial score (nSPS) is 15.2. The van der Waals surface area contributed by atoms with Crippen LogP contribution in [-0.4, -0.2) is 43.8 Å². The maximum Gasteiger partial charge on any atom is 0.191 e. The van der Waals surface area contributed by atoms with Crippen molar-refractivity contribution >= 4 is 23.0 Å². The Labute approximate surface area is 160 Å². The van der Waals surface area contributed by atoms with Crippen LogP contribution in [0, 0.1) is 0 Å². The number of para-hydroxylation sites is 1. The number of rotatable bonds is 8. The first-order chi connectivity index (χ1) is 12.4. The molecule has 0 fully saturated rings. The van der Waals surface area contributed by atoms with Gasteiger partial charge in [0.05, 0.1) is 6.54 Å². The monoisotopic (exact) mass is 374 g/mol. The van der Waals surface area contributed by atoms with Gasteiger partial charge in [0.1, 0.15) is 5.60 Å². The van der Waals surface area contributed by atoms with E-state index in [1.807, 2.05) is 41.9 Å². The molecule has 2 atom stereocenters. The number of hydrogen-bond acceptors (Lipinski definition) is 4. The lowest BCUT2D eigenvalue weighted by molar-refractivity contribution is 0.0677. The summed E-state index contributed by atoms with van der Waals surface area (Å²) in [6.07, 6.45) is 0. The number of thiophene rings is 1. The third-order valence-electron chi connectivity index (χ3n) is 4.42. The van der Waals surface area contributed by atoms with E-state index in [-0.39, 0.29) is 0 Å². The van der Waals surface area contributed by atoms with E-state index in [9.17, 15) is 5.11 Å². The molecule has 0 amide bonds. The van der Waals surface area contributed by atoms with E-state index >= 15 is 0 Å². The summed E-state index contributed by atoms with van der Waals surface area (Å²) < 4.78 is 0. The Kier molecular flexibility index (Phi) is 7.48. The van der Waals surface area contributed by atoms with E-state index in [2.05, 4.69) is 46.6 Å². The second-order valence-electron chi connectivity index (χ2n) is 6.66. The van der Waals surface area contributed by atoms with Crippen LogP contribution in [0.5, 0.6) is 0 Å². The molecule has 0 aliphatic rings. The second kappa shape index (κ2) is 9.59. The van der Waals surface area contributed by atoms with Gasteiger partial charge in [0.25, 0.3) is 0 Å². The van der Waals surface area contributed by atoms with Gasteiger partial charge in [0, 0.05) is 31.9 Å². The summed E-state index contributed by atoms with van der Waals surface area (Å²) in [4.78, 5) is 6.81. The topological polar surface area (TPSA) is 59.9 Å². The molecule has 1 aromatic heterocycles. The third kappa shape index (κ3) is 5.75. The van der Waals surface area contributed by atoms with E-state index in [1.165, 1.54) is 5.69 Å². The van der Waals surface area contributed by atoms with Crippen LogP contribution in [0.25, 0.3) is 0 Å². The van der Waals surface area contributed by atoms with Crippen molar-refractivity contribution in [2.45, 2.75) is 32.4 Å². The van der Waals surface area contributed by atoms with Crippen LogP contribution >= 0.6 is 11.3 Å². The standard InChI is InChI=1S/C20H30N4OS/c1-5-21-19(23-15-20(3,25)17-11-12-26-14-17)22-13-16(2)24(4)18-9-7-6-8-10-18/h6-12,14,16,25H,5,13,15H2,1-4H3,(H2,21,22,23). The Morgan fingerprint density at radius 3 is 2.62 bits per heavy atom. The fourth-order valence-electron chi connectivity index (χ4n) is 2.54. The molecule has 2 aromatic rings. The number of benzene rings is 1. The van der Waals surface area contributed by atoms with Crippen molar-refractivity contribution in [1.29, 1.82) is 0 Å². The van der Waals surface area contributed by atoms with E-state index in [0.29, 0.717) is 12.6 Å². The fraction of sp³-hybridized carbons (Fsp3) is 0.450. The third-order valence-corrected chi connectivity index (χ3v) is 5.11. The molecule has 0 bridgehead atoms. The molecule has 26 heavy (non-hydrogen) atoms. The van der Waals surface area contributed by atoms with Gasteiger partial charge in [-0.15, -0.1) is 0 Å². The zero-order valence-corrected chi connectivity index (χ0v) is 16.9. The molecule has 1 aromatic carbocycles. The lowest BCUT2D eigenvalue weighted by atomic mass is 10.00. The van der Waals surface area contributed by atoms with Gasteiger partial charge in [0.15, 0.2) is 5.96 Å². The zero-order chi connectivity index (χ0) is 19.0. The van der Waals surface area contributed by atoms with Gasteiger partial charge in [0.2, 0.25) is 0 Å². The molecule has 0 spiro atoms. The highest BCUT2D eigenvalue weighted by Gasteiger charge is 2.23. The summed E-state index contributed by atoms with van der Waals surface area (Å²) in [6, 6.07) is 12.6. The molecule has 0 saturated carbocycles. The zero-order valence-electron chi connectivity index (χ0n) is 16.1. The van der Waals surface area contributed by atoms with E-state index in [0.717, 1.165) is 24.6 Å². The van der Waals surface area contributed by atoms with Gasteiger partial charge in [-0.2, -0.15) is 11.3 Å². The molecule has 142 valence electrons. The van der Waals surface area contributed by atoms with E-state index in [1.54, 1.807) is 18.3 Å². The molecule has 0 aliphatic carbocycles. The Bertz CT molecular complexity index is 670. The smallest absolute Gasteiger partial charge is 0.191 e. The van der Waals surface area contributed by atoms with E-state index < -0.39 is 5.60 Å². The SMILES string of the molecule is CCNC(=NCC(C)(O)c1ccsc1)NCC(C)N(C)c1ccccc1. The molecule has 1 heterocycles. The highest BCUT2D eigenvalue weighted by atomic mass is 32.1. The lowest BCUT2D eigenvalue weighted by Crippen LogP contribution is -2.45. The summed E-state index contributed by atoms with van der Waals surface area (Å²) in [6.45, 7) is 7.84. The quantitative estimate of drug-likeness (QED) is 0.491. The highest BCUT2D eigenvalue weighted by Crippen LogP contribution is 2.23. The van der Waals surface area contributed by atoms with Gasteiger partial charge >= 0.3 is 0 Å². The average molecular weight is 375 g/mol. The Balaban J connectivity index is 1.95. The largest absolute Gasteiger partial charge is 0.383 e. The number of aliphatic imine (C=N–C) groups is 1. The van der Waals surface area contributed by atoms with Gasteiger partial charge in [-0.3, -0.25) is 0 Å². The first-order valence-corrected chi connectivity index (χ1v) is 9.93. The molecule has 2 unspecified atom stereocenters. The molecule has 3 N–H and O–H groups in total. The summed E-state index contributed by atoms with van der Waals surface area (Å²) in [5.74, 6) is 0.719. The minimum absolute atomic E-state index is 0.290. The van der Waals surface area contributed by atoms with Crippen molar-refractivity contribution in [2.75, 3.05) is 31.6 Å². The Hall–Kier alpha value is -2.05. The molecule has 0 saturated heterocycles. The maximum atomic E-state index is 10.6. The van der Waals surface area contributed by atoms with Gasteiger partial charge in [-0.25, -0.2) is 4.99 Å². The van der Waals surface area contributed by atoms with Crippen molar-refractivity contribution < 1.29 is 5.11 Å². The molecule has 0 aliphatic heterocycles. The summed E-state index contributed by atoms with van der Waals surface area (Å²) >= 11 is 1.58. The van der Waals surface area contributed by atoms with Crippen molar-refractivity contribution in [3.8, 4) is 0 Å². The van der Waals surface area contributed by atoms with Crippen LogP contribution < -0.4 is 15.5 Å². The molecule has 0 radical (unpaired) electrons. The van der Waals surface area contributed by atoms with Crippen molar-refractivity contribution in [3.05, 3.63) is 52.7 Å². The predicted octanol–water partition coefficient (Wildman–Crippen LogP) is 3.04.